The summed E-state index contributed by atoms with van der Waals surface area (Å²) in [5.74, 6) is -0.752. The summed E-state index contributed by atoms with van der Waals surface area (Å²) in [5, 5.41) is 34.6. The van der Waals surface area contributed by atoms with Crippen LogP contribution in [0.3, 0.4) is 0 Å². The number of anilines is 3. The Kier molecular flexibility index (Phi) is 14.0. The summed E-state index contributed by atoms with van der Waals surface area (Å²) in [5.41, 5.74) is 3.18. The average molecular weight is 840 g/mol. The second kappa shape index (κ2) is 19.1. The molecule has 0 aromatic heterocycles. The molecule has 2 heterocycles. The second-order valence-corrected chi connectivity index (χ2v) is 15.4. The van der Waals surface area contributed by atoms with Crippen LogP contribution in [0.1, 0.15) is 55.4 Å². The van der Waals surface area contributed by atoms with Crippen LogP contribution in [0, 0.1) is 5.92 Å². The fraction of sp³-hybridized carbons (Fsp3) is 0.356. The molecule has 0 saturated heterocycles. The van der Waals surface area contributed by atoms with E-state index in [0.717, 1.165) is 34.5 Å². The summed E-state index contributed by atoms with van der Waals surface area (Å²) in [6, 6.07) is 27.8. The quantitative estimate of drug-likeness (QED) is 0.0693. The average Bonchev–Trinajstić information content (AvgIpc) is 3.41. The highest BCUT2D eigenvalue weighted by Crippen LogP contribution is 2.47. The summed E-state index contributed by atoms with van der Waals surface area (Å²) in [4.78, 5) is 46.7. The maximum Gasteiger partial charge on any atom is 0.264 e. The number of amides is 3. The van der Waals surface area contributed by atoms with E-state index < -0.39 is 23.5 Å². The van der Waals surface area contributed by atoms with E-state index >= 15 is 0 Å². The maximum absolute atomic E-state index is 14.4. The first kappa shape index (κ1) is 41.8. The molecule has 2 aliphatic heterocycles. The zero-order valence-corrected chi connectivity index (χ0v) is 34.0. The molecule has 12 heteroatoms. The number of aliphatic hydroxyl groups is 3. The lowest BCUT2D eigenvalue weighted by Crippen LogP contribution is -2.49. The molecule has 0 radical (unpaired) electrons. The highest BCUT2D eigenvalue weighted by molar-refractivity contribution is 9.10. The molecule has 0 bridgehead atoms. The molecular formula is C45H51BrN4O7. The molecule has 57 heavy (non-hydrogen) atoms. The monoisotopic (exact) mass is 838 g/mol. The fourth-order valence-corrected chi connectivity index (χ4v) is 7.99. The second-order valence-electron chi connectivity index (χ2n) is 14.5. The Morgan fingerprint density at radius 2 is 1.75 bits per heavy atom. The van der Waals surface area contributed by atoms with Crippen LogP contribution in [0.4, 0.5) is 17.1 Å². The van der Waals surface area contributed by atoms with E-state index in [1.54, 1.807) is 39.8 Å². The number of ether oxygens (including phenoxy) is 1. The van der Waals surface area contributed by atoms with Gasteiger partial charge in [0, 0.05) is 47.8 Å². The van der Waals surface area contributed by atoms with Crippen LogP contribution in [0.5, 0.6) is 5.75 Å². The van der Waals surface area contributed by atoms with Crippen molar-refractivity contribution in [2.75, 3.05) is 42.7 Å². The smallest absolute Gasteiger partial charge is 0.264 e. The van der Waals surface area contributed by atoms with E-state index in [-0.39, 0.29) is 44.5 Å². The molecule has 2 aliphatic rings. The van der Waals surface area contributed by atoms with Crippen LogP contribution in [0.15, 0.2) is 108 Å². The van der Waals surface area contributed by atoms with Gasteiger partial charge in [-0.3, -0.25) is 19.3 Å². The van der Waals surface area contributed by atoms with E-state index in [4.69, 9.17) is 4.74 Å². The van der Waals surface area contributed by atoms with Crippen molar-refractivity contribution < 1.29 is 34.4 Å². The van der Waals surface area contributed by atoms with Gasteiger partial charge in [-0.2, -0.15) is 0 Å². The van der Waals surface area contributed by atoms with E-state index in [2.05, 4.69) is 21.2 Å². The number of aliphatic hydroxyl groups excluding tert-OH is 2. The van der Waals surface area contributed by atoms with Gasteiger partial charge in [0.2, 0.25) is 11.8 Å². The number of halogens is 1. The molecule has 6 rings (SSSR count). The van der Waals surface area contributed by atoms with E-state index in [0.29, 0.717) is 53.9 Å². The highest BCUT2D eigenvalue weighted by Gasteiger charge is 2.52. The number of hydrogen-bond donors (Lipinski definition) is 4. The summed E-state index contributed by atoms with van der Waals surface area (Å²) >= 11 is 3.52. The number of fused-ring (bicyclic) bond motifs is 2. The minimum Gasteiger partial charge on any atom is -0.494 e. The van der Waals surface area contributed by atoms with Gasteiger partial charge in [-0.15, -0.1) is 0 Å². The van der Waals surface area contributed by atoms with Crippen molar-refractivity contribution in [3.63, 3.8) is 0 Å². The number of hydrogen-bond acceptors (Lipinski definition) is 8. The van der Waals surface area contributed by atoms with E-state index in [1.165, 1.54) is 0 Å². The number of rotatable bonds is 18. The van der Waals surface area contributed by atoms with Gasteiger partial charge >= 0.3 is 0 Å². The lowest BCUT2D eigenvalue weighted by molar-refractivity contribution is -0.139. The number of carbonyl (C=O) groups is 3. The molecule has 0 spiro atoms. The zero-order chi connectivity index (χ0) is 40.5. The fourth-order valence-electron chi connectivity index (χ4n) is 7.63. The van der Waals surface area contributed by atoms with Gasteiger partial charge in [0.15, 0.2) is 5.60 Å². The SMILES string of the molecule is CCOc1ccc2c(c1)CC(NCCCCO)C(=O)N2c1cccc(CN2C(=O)[C@](O)([C@H](C)/C=C/CC(=O)N(CCO)Cc3ccccc3)c3cc(Br)ccc32)c1. The van der Waals surface area contributed by atoms with Gasteiger partial charge in [0.25, 0.3) is 5.91 Å². The van der Waals surface area contributed by atoms with Gasteiger partial charge in [-0.25, -0.2) is 0 Å². The van der Waals surface area contributed by atoms with Crippen molar-refractivity contribution in [1.82, 2.24) is 10.2 Å². The third-order valence-electron chi connectivity index (χ3n) is 10.6. The summed E-state index contributed by atoms with van der Waals surface area (Å²) in [6.07, 6.45) is 5.29. The van der Waals surface area contributed by atoms with Crippen molar-refractivity contribution >= 4 is 50.7 Å². The number of carbonyl (C=O) groups excluding carboxylic acids is 3. The van der Waals surface area contributed by atoms with Crippen LogP contribution in [-0.2, 0) is 39.5 Å². The van der Waals surface area contributed by atoms with Crippen molar-refractivity contribution in [3.8, 4) is 5.75 Å². The molecule has 0 fully saturated rings. The minimum absolute atomic E-state index is 0.0353. The number of benzene rings is 4. The highest BCUT2D eigenvalue weighted by atomic mass is 79.9. The van der Waals surface area contributed by atoms with Gasteiger partial charge in [0.05, 0.1) is 37.2 Å². The first-order valence-corrected chi connectivity index (χ1v) is 20.3. The molecule has 4 N–H and O–H groups in total. The largest absolute Gasteiger partial charge is 0.494 e. The molecule has 0 saturated carbocycles. The van der Waals surface area contributed by atoms with Gasteiger partial charge in [0.1, 0.15) is 5.75 Å². The lowest BCUT2D eigenvalue weighted by Gasteiger charge is -2.35. The summed E-state index contributed by atoms with van der Waals surface area (Å²) in [6.45, 7) is 5.40. The number of nitrogens with one attached hydrogen (secondary N) is 1. The summed E-state index contributed by atoms with van der Waals surface area (Å²) < 4.78 is 6.50. The molecule has 1 unspecified atom stereocenters. The number of unbranched alkanes of at least 4 members (excludes halogenated alkanes) is 1. The zero-order valence-electron chi connectivity index (χ0n) is 32.4. The molecule has 11 nitrogen and oxygen atoms in total. The van der Waals surface area contributed by atoms with E-state index in [9.17, 15) is 29.7 Å². The van der Waals surface area contributed by atoms with Crippen molar-refractivity contribution in [2.45, 2.75) is 64.3 Å². The van der Waals surface area contributed by atoms with Crippen LogP contribution < -0.4 is 19.9 Å². The number of nitrogens with zero attached hydrogens (tertiary/aromatic N) is 3. The Morgan fingerprint density at radius 1 is 0.982 bits per heavy atom. The predicted molar refractivity (Wildman–Crippen MR) is 224 cm³/mol. The lowest BCUT2D eigenvalue weighted by atomic mass is 9.83. The minimum atomic E-state index is -1.92. The third kappa shape index (κ3) is 9.32. The van der Waals surface area contributed by atoms with E-state index in [1.807, 2.05) is 91.9 Å². The maximum atomic E-state index is 14.4. The Labute approximate surface area is 342 Å². The Bertz CT molecular complexity index is 2080. The van der Waals surface area contributed by atoms with Crippen molar-refractivity contribution in [3.05, 3.63) is 130 Å². The molecule has 3 amide bonds. The third-order valence-corrected chi connectivity index (χ3v) is 11.1. The van der Waals surface area contributed by atoms with Gasteiger partial charge in [-0.05, 0) is 98.0 Å². The molecule has 3 atom stereocenters. The Morgan fingerprint density at radius 3 is 2.51 bits per heavy atom. The van der Waals surface area contributed by atoms with Crippen LogP contribution in [0.2, 0.25) is 0 Å². The van der Waals surface area contributed by atoms with Gasteiger partial charge < -0.3 is 35.2 Å². The summed E-state index contributed by atoms with van der Waals surface area (Å²) in [7, 11) is 0. The predicted octanol–water partition coefficient (Wildman–Crippen LogP) is 6.14. The van der Waals surface area contributed by atoms with Crippen molar-refractivity contribution in [2.24, 2.45) is 5.92 Å². The molecule has 4 aromatic carbocycles. The molecule has 300 valence electrons. The molecule has 4 aromatic rings. The molecular weight excluding hydrogens is 788 g/mol. The van der Waals surface area contributed by atoms with Gasteiger partial charge in [-0.1, -0.05) is 77.5 Å². The Balaban J connectivity index is 1.23. The first-order valence-electron chi connectivity index (χ1n) is 19.6. The van der Waals surface area contributed by atoms with Crippen LogP contribution in [-0.4, -0.2) is 76.9 Å². The molecule has 0 aliphatic carbocycles. The van der Waals surface area contributed by atoms with Crippen molar-refractivity contribution in [1.29, 1.82) is 0 Å². The first-order chi connectivity index (χ1) is 27.6. The standard InChI is InChI=1S/C45H51BrN4O7/c1-3-57-37-18-20-40-34(26-37)27-39(47-21-7-8-23-51)43(54)50(40)36-15-10-14-33(25-36)30-49-41-19-17-35(46)28-38(41)45(56,44(49)55)31(2)11-9-16-42(53)48(22-24-52)29-32-12-5-4-6-13-32/h4-6,9-15,17-20,25-26,28,31,39,47,51-52,56H,3,7-8,16,21-24,27,29-30H2,1-2H3/b11-9+/t31-,39?,45+/m1/s1. The van der Waals surface area contributed by atoms with Crippen LogP contribution >= 0.6 is 15.9 Å². The Hall–Kier alpha value is -4.85. The normalized spacial score (nSPS) is 18.2. The topological polar surface area (TPSA) is 143 Å². The van der Waals surface area contributed by atoms with Crippen LogP contribution in [0.25, 0.3) is 0 Å².